The maximum absolute atomic E-state index is 11.8. The minimum absolute atomic E-state index is 0.0864. The van der Waals surface area contributed by atoms with Crippen LogP contribution in [0.5, 0.6) is 0 Å². The Labute approximate surface area is 136 Å². The van der Waals surface area contributed by atoms with Gasteiger partial charge in [-0.05, 0) is 23.8 Å². The summed E-state index contributed by atoms with van der Waals surface area (Å²) in [6.45, 7) is 0.403. The first-order valence-electron chi connectivity index (χ1n) is 6.24. The molecule has 0 saturated carbocycles. The number of nitrogens with one attached hydrogen (secondary N) is 1. The summed E-state index contributed by atoms with van der Waals surface area (Å²) in [6.07, 6.45) is 1.02. The van der Waals surface area contributed by atoms with Crippen LogP contribution in [0.3, 0.4) is 0 Å². The molecule has 0 atom stereocenters. The molecule has 0 spiro atoms. The molecule has 116 valence electrons. The fourth-order valence-corrected chi connectivity index (χ4v) is 3.24. The zero-order valence-electron chi connectivity index (χ0n) is 11.6. The Balaban J connectivity index is 2.32. The van der Waals surface area contributed by atoms with Crippen molar-refractivity contribution in [2.45, 2.75) is 11.4 Å². The van der Waals surface area contributed by atoms with Crippen molar-refractivity contribution in [2.75, 3.05) is 11.6 Å². The van der Waals surface area contributed by atoms with Crippen molar-refractivity contribution >= 4 is 37.1 Å². The van der Waals surface area contributed by atoms with Crippen LogP contribution in [0.1, 0.15) is 5.56 Å². The average Bonchev–Trinajstić information content (AvgIpc) is 2.44. The first-order valence-corrected chi connectivity index (χ1v) is 8.92. The molecule has 0 aliphatic rings. The summed E-state index contributed by atoms with van der Waals surface area (Å²) < 4.78 is 24.6. The smallest absolute Gasteiger partial charge is 0.270 e. The van der Waals surface area contributed by atoms with Crippen molar-refractivity contribution in [3.63, 3.8) is 0 Å². The van der Waals surface area contributed by atoms with Gasteiger partial charge in [-0.3, -0.25) is 10.1 Å². The highest BCUT2D eigenvalue weighted by Crippen LogP contribution is 2.27. The molecule has 2 aromatic carbocycles. The van der Waals surface area contributed by atoms with Gasteiger partial charge < -0.3 is 5.32 Å². The fourth-order valence-electron chi connectivity index (χ4n) is 1.92. The first-order chi connectivity index (χ1) is 10.3. The van der Waals surface area contributed by atoms with E-state index in [9.17, 15) is 18.5 Å². The molecule has 0 amide bonds. The van der Waals surface area contributed by atoms with Gasteiger partial charge >= 0.3 is 0 Å². The van der Waals surface area contributed by atoms with Crippen LogP contribution in [0, 0.1) is 10.1 Å². The summed E-state index contributed by atoms with van der Waals surface area (Å²) in [4.78, 5) is 10.1. The summed E-state index contributed by atoms with van der Waals surface area (Å²) >= 11 is 3.36. The fraction of sp³-hybridized carbons (Fsp3) is 0.143. The molecule has 0 fully saturated rings. The van der Waals surface area contributed by atoms with Gasteiger partial charge in [-0.1, -0.05) is 28.1 Å². The van der Waals surface area contributed by atoms with Gasteiger partial charge in [-0.2, -0.15) is 0 Å². The summed E-state index contributed by atoms with van der Waals surface area (Å²) in [5.41, 5.74) is 1.04. The van der Waals surface area contributed by atoms with Crippen molar-refractivity contribution in [1.29, 1.82) is 0 Å². The molecule has 2 aromatic rings. The maximum Gasteiger partial charge on any atom is 0.270 e. The molecule has 22 heavy (non-hydrogen) atoms. The Hall–Kier alpha value is -1.93. The van der Waals surface area contributed by atoms with E-state index in [4.69, 9.17) is 0 Å². The van der Waals surface area contributed by atoms with Gasteiger partial charge in [-0.25, -0.2) is 8.42 Å². The van der Waals surface area contributed by atoms with E-state index in [-0.39, 0.29) is 10.6 Å². The van der Waals surface area contributed by atoms with Gasteiger partial charge in [0, 0.05) is 29.4 Å². The number of nitrogens with zero attached hydrogens (tertiary/aromatic N) is 1. The van der Waals surface area contributed by atoms with Crippen LogP contribution in [0.15, 0.2) is 51.8 Å². The number of halogens is 1. The SMILES string of the molecule is CS(=O)(=O)c1cc([N+](=O)[O-])ccc1NCc1cccc(Br)c1. The summed E-state index contributed by atoms with van der Waals surface area (Å²) in [7, 11) is -3.58. The van der Waals surface area contributed by atoms with Gasteiger partial charge in [0.25, 0.3) is 5.69 Å². The van der Waals surface area contributed by atoms with E-state index >= 15 is 0 Å². The zero-order valence-corrected chi connectivity index (χ0v) is 14.0. The third-order valence-corrected chi connectivity index (χ3v) is 4.58. The van der Waals surface area contributed by atoms with Crippen LogP contribution in [0.4, 0.5) is 11.4 Å². The number of sulfone groups is 1. The Morgan fingerprint density at radius 3 is 2.55 bits per heavy atom. The maximum atomic E-state index is 11.8. The highest BCUT2D eigenvalue weighted by molar-refractivity contribution is 9.10. The monoisotopic (exact) mass is 384 g/mol. The van der Waals surface area contributed by atoms with Crippen molar-refractivity contribution < 1.29 is 13.3 Å². The molecule has 0 bridgehead atoms. The van der Waals surface area contributed by atoms with Crippen molar-refractivity contribution in [2.24, 2.45) is 0 Å². The molecule has 2 rings (SSSR count). The van der Waals surface area contributed by atoms with Gasteiger partial charge in [0.15, 0.2) is 9.84 Å². The van der Waals surface area contributed by atoms with E-state index in [1.807, 2.05) is 24.3 Å². The normalized spacial score (nSPS) is 11.2. The molecule has 1 N–H and O–H groups in total. The summed E-state index contributed by atoms with van der Waals surface area (Å²) in [5.74, 6) is 0. The molecular weight excluding hydrogens is 372 g/mol. The number of anilines is 1. The third-order valence-electron chi connectivity index (χ3n) is 2.95. The molecule has 0 saturated heterocycles. The topological polar surface area (TPSA) is 89.3 Å². The number of rotatable bonds is 5. The first kappa shape index (κ1) is 16.4. The number of nitro benzene ring substituents is 1. The molecule has 0 aromatic heterocycles. The van der Waals surface area contributed by atoms with Gasteiger partial charge in [0.2, 0.25) is 0 Å². The molecule has 6 nitrogen and oxygen atoms in total. The van der Waals surface area contributed by atoms with Crippen molar-refractivity contribution in [3.05, 3.63) is 62.6 Å². The number of nitro groups is 1. The number of hydrogen-bond donors (Lipinski definition) is 1. The van der Waals surface area contributed by atoms with Crippen LogP contribution in [0.25, 0.3) is 0 Å². The molecule has 0 heterocycles. The highest BCUT2D eigenvalue weighted by atomic mass is 79.9. The largest absolute Gasteiger partial charge is 0.380 e. The van der Waals surface area contributed by atoms with E-state index in [0.29, 0.717) is 12.2 Å². The molecule has 8 heteroatoms. The lowest BCUT2D eigenvalue weighted by Crippen LogP contribution is -2.07. The Kier molecular flexibility index (Phi) is 4.82. The number of hydrogen-bond acceptors (Lipinski definition) is 5. The van der Waals surface area contributed by atoms with Crippen molar-refractivity contribution in [1.82, 2.24) is 0 Å². The standard InChI is InChI=1S/C14H13BrN2O4S/c1-22(20,21)14-8-12(17(18)19)5-6-13(14)16-9-10-3-2-4-11(15)7-10/h2-8,16H,9H2,1H3. The van der Waals surface area contributed by atoms with Gasteiger partial charge in [0.05, 0.1) is 15.5 Å². The highest BCUT2D eigenvalue weighted by Gasteiger charge is 2.18. The Morgan fingerprint density at radius 2 is 1.95 bits per heavy atom. The van der Waals surface area contributed by atoms with Crippen LogP contribution in [0.2, 0.25) is 0 Å². The average molecular weight is 385 g/mol. The predicted octanol–water partition coefficient (Wildman–Crippen LogP) is 3.37. The lowest BCUT2D eigenvalue weighted by Gasteiger charge is -2.11. The van der Waals surface area contributed by atoms with E-state index in [1.54, 1.807) is 0 Å². The quantitative estimate of drug-likeness (QED) is 0.630. The Bertz CT molecular complexity index is 821. The van der Waals surface area contributed by atoms with E-state index in [1.165, 1.54) is 12.1 Å². The molecule has 0 aliphatic carbocycles. The van der Waals surface area contributed by atoms with Crippen molar-refractivity contribution in [3.8, 4) is 0 Å². The van der Waals surface area contributed by atoms with E-state index in [0.717, 1.165) is 22.4 Å². The second-order valence-corrected chi connectivity index (χ2v) is 7.59. The van der Waals surface area contributed by atoms with Gasteiger partial charge in [0.1, 0.15) is 0 Å². The summed E-state index contributed by atoms with van der Waals surface area (Å²) in [5, 5.41) is 13.8. The summed E-state index contributed by atoms with van der Waals surface area (Å²) in [6, 6.07) is 11.3. The second-order valence-electron chi connectivity index (χ2n) is 4.69. The second kappa shape index (κ2) is 6.45. The third kappa shape index (κ3) is 4.05. The lowest BCUT2D eigenvalue weighted by atomic mass is 10.2. The minimum Gasteiger partial charge on any atom is -0.380 e. The predicted molar refractivity (Wildman–Crippen MR) is 87.7 cm³/mol. The zero-order chi connectivity index (χ0) is 16.3. The molecule has 0 unspecified atom stereocenters. The van der Waals surface area contributed by atoms with Crippen LogP contribution >= 0.6 is 15.9 Å². The van der Waals surface area contributed by atoms with E-state index in [2.05, 4.69) is 21.2 Å². The van der Waals surface area contributed by atoms with Crippen LogP contribution in [-0.2, 0) is 16.4 Å². The Morgan fingerprint density at radius 1 is 1.23 bits per heavy atom. The lowest BCUT2D eigenvalue weighted by molar-refractivity contribution is -0.385. The molecule has 0 aliphatic heterocycles. The molecular formula is C14H13BrN2O4S. The molecule has 0 radical (unpaired) electrons. The minimum atomic E-state index is -3.58. The number of non-ortho nitro benzene ring substituents is 1. The van der Waals surface area contributed by atoms with Crippen LogP contribution in [-0.4, -0.2) is 19.6 Å². The number of benzene rings is 2. The van der Waals surface area contributed by atoms with E-state index < -0.39 is 14.8 Å². The van der Waals surface area contributed by atoms with Crippen LogP contribution < -0.4 is 5.32 Å². The van der Waals surface area contributed by atoms with Gasteiger partial charge in [-0.15, -0.1) is 0 Å².